The van der Waals surface area contributed by atoms with Gasteiger partial charge in [0, 0.05) is 18.2 Å². The minimum Gasteiger partial charge on any atom is -0.465 e. The summed E-state index contributed by atoms with van der Waals surface area (Å²) >= 11 is 6.28. The lowest BCUT2D eigenvalue weighted by atomic mass is 10.2. The molecular weight excluding hydrogens is 268 g/mol. The Morgan fingerprint density at radius 2 is 2.47 bits per heavy atom. The third kappa shape index (κ3) is 1.99. The van der Waals surface area contributed by atoms with E-state index >= 15 is 0 Å². The van der Waals surface area contributed by atoms with Crippen molar-refractivity contribution in [2.75, 3.05) is 20.3 Å². The Hall–Kier alpha value is -1.59. The quantitative estimate of drug-likeness (QED) is 0.793. The van der Waals surface area contributed by atoms with Gasteiger partial charge in [-0.05, 0) is 18.6 Å². The first kappa shape index (κ1) is 12.4. The summed E-state index contributed by atoms with van der Waals surface area (Å²) in [6.45, 7) is 1.34. The number of halogens is 1. The number of hydrogen-bond donors (Lipinski definition) is 0. The van der Waals surface area contributed by atoms with Crippen LogP contribution >= 0.6 is 11.6 Å². The van der Waals surface area contributed by atoms with Crippen LogP contribution in [0.1, 0.15) is 22.8 Å². The molecule has 0 bridgehead atoms. The average Bonchev–Trinajstić information content (AvgIpc) is 3.03. The molecular formula is C13H13ClN2O3. The Morgan fingerprint density at radius 3 is 3.16 bits per heavy atom. The molecule has 0 N–H and O–H groups in total. The molecule has 2 aromatic rings. The largest absolute Gasteiger partial charge is 0.465 e. The van der Waals surface area contributed by atoms with Gasteiger partial charge in [-0.1, -0.05) is 11.6 Å². The second kappa shape index (κ2) is 4.83. The van der Waals surface area contributed by atoms with Crippen molar-refractivity contribution in [3.63, 3.8) is 0 Å². The lowest BCUT2D eigenvalue weighted by Gasteiger charge is -2.12. The van der Waals surface area contributed by atoms with Gasteiger partial charge in [0.1, 0.15) is 10.8 Å². The van der Waals surface area contributed by atoms with Gasteiger partial charge in [-0.2, -0.15) is 0 Å². The summed E-state index contributed by atoms with van der Waals surface area (Å²) in [6.07, 6.45) is 2.49. The van der Waals surface area contributed by atoms with E-state index in [1.54, 1.807) is 18.3 Å². The molecule has 6 heteroatoms. The van der Waals surface area contributed by atoms with Gasteiger partial charge in [-0.25, -0.2) is 9.78 Å². The SMILES string of the molecule is COC(=O)c1ccnc2c1cc(Cl)n2C1CCOC1. The number of pyridine rings is 1. The molecule has 3 heterocycles. The van der Waals surface area contributed by atoms with E-state index in [9.17, 15) is 4.79 Å². The number of fused-ring (bicyclic) bond motifs is 1. The van der Waals surface area contributed by atoms with Crippen LogP contribution in [0.3, 0.4) is 0 Å². The number of nitrogens with zero attached hydrogens (tertiary/aromatic N) is 2. The van der Waals surface area contributed by atoms with E-state index in [1.807, 2.05) is 4.57 Å². The van der Waals surface area contributed by atoms with E-state index in [0.29, 0.717) is 28.4 Å². The molecule has 100 valence electrons. The van der Waals surface area contributed by atoms with Gasteiger partial charge in [0.15, 0.2) is 0 Å². The third-order valence-electron chi connectivity index (χ3n) is 3.37. The van der Waals surface area contributed by atoms with E-state index in [4.69, 9.17) is 21.1 Å². The molecule has 5 nitrogen and oxygen atoms in total. The summed E-state index contributed by atoms with van der Waals surface area (Å²) in [5, 5.41) is 1.28. The first-order valence-corrected chi connectivity index (χ1v) is 6.41. The highest BCUT2D eigenvalue weighted by atomic mass is 35.5. The number of ether oxygens (including phenoxy) is 2. The van der Waals surface area contributed by atoms with Gasteiger partial charge in [0.2, 0.25) is 0 Å². The Balaban J connectivity index is 2.19. The zero-order valence-electron chi connectivity index (χ0n) is 10.4. The third-order valence-corrected chi connectivity index (χ3v) is 3.66. The normalized spacial score (nSPS) is 18.9. The topological polar surface area (TPSA) is 53.3 Å². The second-order valence-electron chi connectivity index (χ2n) is 4.44. The summed E-state index contributed by atoms with van der Waals surface area (Å²) in [7, 11) is 1.36. The molecule has 1 saturated heterocycles. The molecule has 0 aromatic carbocycles. The fraction of sp³-hybridized carbons (Fsp3) is 0.385. The van der Waals surface area contributed by atoms with E-state index in [2.05, 4.69) is 4.98 Å². The molecule has 1 fully saturated rings. The van der Waals surface area contributed by atoms with Crippen LogP contribution in [-0.4, -0.2) is 35.8 Å². The van der Waals surface area contributed by atoms with Gasteiger partial charge < -0.3 is 14.0 Å². The maximum Gasteiger partial charge on any atom is 0.338 e. The summed E-state index contributed by atoms with van der Waals surface area (Å²) in [4.78, 5) is 16.1. The minimum atomic E-state index is -0.385. The van der Waals surface area contributed by atoms with Crippen molar-refractivity contribution in [3.8, 4) is 0 Å². The zero-order valence-corrected chi connectivity index (χ0v) is 11.2. The lowest BCUT2D eigenvalue weighted by Crippen LogP contribution is -2.09. The van der Waals surface area contributed by atoms with Crippen LogP contribution in [-0.2, 0) is 9.47 Å². The van der Waals surface area contributed by atoms with Crippen molar-refractivity contribution in [3.05, 3.63) is 29.0 Å². The molecule has 3 rings (SSSR count). The van der Waals surface area contributed by atoms with Crippen molar-refractivity contribution in [1.82, 2.24) is 9.55 Å². The van der Waals surface area contributed by atoms with Gasteiger partial charge >= 0.3 is 5.97 Å². The number of methoxy groups -OCH3 is 1. The standard InChI is InChI=1S/C13H13ClN2O3/c1-18-13(17)9-2-4-15-12-10(9)6-11(14)16(12)8-3-5-19-7-8/h2,4,6,8H,3,5,7H2,1H3. The van der Waals surface area contributed by atoms with E-state index in [-0.39, 0.29) is 12.0 Å². The van der Waals surface area contributed by atoms with Crippen LogP contribution in [0.2, 0.25) is 5.15 Å². The summed E-state index contributed by atoms with van der Waals surface area (Å²) < 4.78 is 12.1. The minimum absolute atomic E-state index is 0.172. The van der Waals surface area contributed by atoms with E-state index < -0.39 is 0 Å². The van der Waals surface area contributed by atoms with Crippen molar-refractivity contribution in [1.29, 1.82) is 0 Å². The maximum absolute atomic E-state index is 11.7. The molecule has 0 spiro atoms. The average molecular weight is 281 g/mol. The highest BCUT2D eigenvalue weighted by molar-refractivity contribution is 6.31. The second-order valence-corrected chi connectivity index (χ2v) is 4.83. The molecule has 0 amide bonds. The predicted molar refractivity (Wildman–Crippen MR) is 70.6 cm³/mol. The van der Waals surface area contributed by atoms with Crippen molar-refractivity contribution in [2.45, 2.75) is 12.5 Å². The van der Waals surface area contributed by atoms with Gasteiger partial charge in [-0.15, -0.1) is 0 Å². The van der Waals surface area contributed by atoms with Gasteiger partial charge in [0.05, 0.1) is 25.3 Å². The summed E-state index contributed by atoms with van der Waals surface area (Å²) in [5.41, 5.74) is 1.18. The number of carbonyl (C=O) groups excluding carboxylic acids is 1. The molecule has 0 saturated carbocycles. The van der Waals surface area contributed by atoms with Crippen molar-refractivity contribution >= 4 is 28.6 Å². The van der Waals surface area contributed by atoms with E-state index in [1.165, 1.54) is 7.11 Å². The predicted octanol–water partition coefficient (Wildman–Crippen LogP) is 2.44. The molecule has 1 aliphatic rings. The number of carbonyl (C=O) groups is 1. The number of hydrogen-bond acceptors (Lipinski definition) is 4. The molecule has 1 atom stereocenters. The van der Waals surface area contributed by atoms with Gasteiger partial charge in [0.25, 0.3) is 0 Å². The molecule has 2 aromatic heterocycles. The van der Waals surface area contributed by atoms with Crippen molar-refractivity contribution in [2.24, 2.45) is 0 Å². The van der Waals surface area contributed by atoms with Crippen molar-refractivity contribution < 1.29 is 14.3 Å². The van der Waals surface area contributed by atoms with Crippen LogP contribution in [0.25, 0.3) is 11.0 Å². The fourth-order valence-electron chi connectivity index (χ4n) is 2.45. The Labute approximate surface area is 115 Å². The van der Waals surface area contributed by atoms with Crippen LogP contribution in [0.15, 0.2) is 18.3 Å². The molecule has 1 aliphatic heterocycles. The van der Waals surface area contributed by atoms with Crippen LogP contribution in [0, 0.1) is 0 Å². The smallest absolute Gasteiger partial charge is 0.338 e. The lowest BCUT2D eigenvalue weighted by molar-refractivity contribution is 0.0603. The highest BCUT2D eigenvalue weighted by Crippen LogP contribution is 2.32. The maximum atomic E-state index is 11.7. The zero-order chi connectivity index (χ0) is 13.4. The van der Waals surface area contributed by atoms with Crippen LogP contribution in [0.5, 0.6) is 0 Å². The van der Waals surface area contributed by atoms with E-state index in [0.717, 1.165) is 13.0 Å². The molecule has 0 radical (unpaired) electrons. The fourth-order valence-corrected chi connectivity index (χ4v) is 2.77. The Kier molecular flexibility index (Phi) is 3.16. The number of esters is 1. The molecule has 19 heavy (non-hydrogen) atoms. The Morgan fingerprint density at radius 1 is 1.63 bits per heavy atom. The summed E-state index contributed by atoms with van der Waals surface area (Å²) in [6, 6.07) is 3.57. The van der Waals surface area contributed by atoms with Crippen LogP contribution < -0.4 is 0 Å². The molecule has 1 unspecified atom stereocenters. The Bertz CT molecular complexity index is 632. The monoisotopic (exact) mass is 280 g/mol. The summed E-state index contributed by atoms with van der Waals surface area (Å²) in [5.74, 6) is -0.385. The highest BCUT2D eigenvalue weighted by Gasteiger charge is 2.24. The molecule has 0 aliphatic carbocycles. The first-order valence-electron chi connectivity index (χ1n) is 6.04. The number of aromatic nitrogens is 2. The first-order chi connectivity index (χ1) is 9.22. The van der Waals surface area contributed by atoms with Gasteiger partial charge in [-0.3, -0.25) is 0 Å². The number of rotatable bonds is 2. The van der Waals surface area contributed by atoms with Crippen LogP contribution in [0.4, 0.5) is 0 Å².